The largest absolute Gasteiger partial charge is 0.508 e. The smallest absolute Gasteiger partial charge is 0.119 e. The fourth-order valence-electron chi connectivity index (χ4n) is 6.12. The number of benzene rings is 2. The van der Waals surface area contributed by atoms with Crippen molar-refractivity contribution in [2.45, 2.75) is 57.7 Å². The molecule has 0 radical (unpaired) electrons. The number of phenolic OH excluding ortho intramolecular Hbond substituents is 1. The highest BCUT2D eigenvalue weighted by Crippen LogP contribution is 2.38. The Bertz CT molecular complexity index is 1070. The monoisotopic (exact) mass is 488 g/mol. The number of methoxy groups -OCH3 is 1. The number of hydrogen-bond donors (Lipinski definition) is 2. The van der Waals surface area contributed by atoms with E-state index >= 15 is 0 Å². The van der Waals surface area contributed by atoms with E-state index in [0.29, 0.717) is 23.7 Å². The van der Waals surface area contributed by atoms with Crippen LogP contribution in [-0.4, -0.2) is 48.9 Å². The summed E-state index contributed by atoms with van der Waals surface area (Å²) in [4.78, 5) is 2.57. The fraction of sp³-hybridized carbons (Fsp3) is 0.484. The van der Waals surface area contributed by atoms with Crippen LogP contribution in [0.25, 0.3) is 0 Å². The zero-order chi connectivity index (χ0) is 24.9. The van der Waals surface area contributed by atoms with Gasteiger partial charge in [-0.1, -0.05) is 31.2 Å². The molecular formula is C31H40N2O3. The number of piperidine rings is 1. The van der Waals surface area contributed by atoms with Crippen LogP contribution in [0, 0.1) is 11.8 Å². The van der Waals surface area contributed by atoms with Crippen molar-refractivity contribution >= 4 is 0 Å². The summed E-state index contributed by atoms with van der Waals surface area (Å²) < 4.78 is 11.9. The summed E-state index contributed by atoms with van der Waals surface area (Å²) in [5.41, 5.74) is 3.99. The van der Waals surface area contributed by atoms with Gasteiger partial charge in [0, 0.05) is 12.6 Å². The molecule has 3 atom stereocenters. The van der Waals surface area contributed by atoms with Gasteiger partial charge >= 0.3 is 0 Å². The Kier molecular flexibility index (Phi) is 7.98. The molecule has 3 aliphatic rings. The van der Waals surface area contributed by atoms with E-state index < -0.39 is 0 Å². The highest BCUT2D eigenvalue weighted by molar-refractivity contribution is 5.37. The van der Waals surface area contributed by atoms with Gasteiger partial charge in [-0.05, 0) is 117 Å². The number of hydrogen-bond acceptors (Lipinski definition) is 5. The lowest BCUT2D eigenvalue weighted by Gasteiger charge is -2.41. The minimum Gasteiger partial charge on any atom is -0.508 e. The van der Waals surface area contributed by atoms with Crippen molar-refractivity contribution in [3.8, 4) is 11.5 Å². The molecule has 2 N–H and O–H groups in total. The van der Waals surface area contributed by atoms with Crippen molar-refractivity contribution < 1.29 is 14.6 Å². The van der Waals surface area contributed by atoms with Crippen LogP contribution >= 0.6 is 0 Å². The maximum absolute atomic E-state index is 9.90. The number of rotatable bonds is 8. The number of ether oxygens (including phenoxy) is 2. The van der Waals surface area contributed by atoms with Crippen LogP contribution in [0.15, 0.2) is 66.5 Å². The number of fused-ring (bicyclic) bond motifs is 1. The number of nitrogens with zero attached hydrogens (tertiary/aromatic N) is 1. The fourth-order valence-corrected chi connectivity index (χ4v) is 6.12. The molecule has 5 heteroatoms. The Morgan fingerprint density at radius 3 is 2.58 bits per heavy atom. The summed E-state index contributed by atoms with van der Waals surface area (Å²) in [6.45, 7) is 6.19. The van der Waals surface area contributed by atoms with Gasteiger partial charge in [0.1, 0.15) is 23.4 Å². The average Bonchev–Trinajstić information content (AvgIpc) is 2.92. The number of aromatic hydroxyl groups is 1. The van der Waals surface area contributed by atoms with Gasteiger partial charge in [0.2, 0.25) is 0 Å². The lowest BCUT2D eigenvalue weighted by molar-refractivity contribution is 0.147. The highest BCUT2D eigenvalue weighted by atomic mass is 16.5. The summed E-state index contributed by atoms with van der Waals surface area (Å²) in [5, 5.41) is 13.3. The summed E-state index contributed by atoms with van der Waals surface area (Å²) in [5.74, 6) is 3.28. The first kappa shape index (κ1) is 24.9. The maximum Gasteiger partial charge on any atom is 0.119 e. The maximum atomic E-state index is 9.90. The second kappa shape index (κ2) is 11.5. The molecule has 1 saturated heterocycles. The van der Waals surface area contributed by atoms with E-state index in [2.05, 4.69) is 65.7 Å². The van der Waals surface area contributed by atoms with Crippen LogP contribution in [0.5, 0.6) is 11.5 Å². The molecule has 2 aliphatic carbocycles. The standard InChI is InChI=1S/C31H40N2O3/c1-3-33(21-22-4-10-27(11-5-22)36-28-14-16-32-17-15-28)31-20-29(35-2)12-13-30(31)25-7-6-24-19-26(34)9-8-23(24)18-25/h4-5,8-13,19-20,25,28,30-32,34H,3,6-7,14-18,21H2,1-2H3/t25-,30?,31?/m1/s1. The van der Waals surface area contributed by atoms with Crippen molar-refractivity contribution in [2.75, 3.05) is 26.7 Å². The SMILES string of the molecule is CCN(Cc1ccc(OC2CCNCC2)cc1)C1C=C(OC)C=CC1[C@@H]1CCc2cc(O)ccc2C1. The average molecular weight is 489 g/mol. The van der Waals surface area contributed by atoms with Gasteiger partial charge < -0.3 is 19.9 Å². The topological polar surface area (TPSA) is 54.0 Å². The second-order valence-corrected chi connectivity index (χ2v) is 10.4. The van der Waals surface area contributed by atoms with Crippen molar-refractivity contribution in [2.24, 2.45) is 11.8 Å². The third-order valence-corrected chi connectivity index (χ3v) is 8.17. The van der Waals surface area contributed by atoms with E-state index in [-0.39, 0.29) is 6.04 Å². The number of nitrogens with one attached hydrogen (secondary N) is 1. The van der Waals surface area contributed by atoms with E-state index in [0.717, 1.165) is 69.8 Å². The third-order valence-electron chi connectivity index (χ3n) is 8.17. The summed E-state index contributed by atoms with van der Waals surface area (Å²) in [6.07, 6.45) is 12.5. The van der Waals surface area contributed by atoms with Crippen LogP contribution in [0.4, 0.5) is 0 Å². The molecule has 1 fully saturated rings. The first-order valence-electron chi connectivity index (χ1n) is 13.6. The molecule has 0 bridgehead atoms. The van der Waals surface area contributed by atoms with Crippen LogP contribution in [0.1, 0.15) is 42.9 Å². The van der Waals surface area contributed by atoms with Crippen LogP contribution in [0.3, 0.4) is 0 Å². The van der Waals surface area contributed by atoms with Gasteiger partial charge in [-0.25, -0.2) is 0 Å². The Balaban J connectivity index is 1.29. The molecule has 192 valence electrons. The molecule has 0 saturated carbocycles. The Hall–Kier alpha value is -2.76. The molecule has 2 aromatic carbocycles. The Morgan fingerprint density at radius 1 is 1.03 bits per heavy atom. The van der Waals surface area contributed by atoms with Gasteiger partial charge in [0.05, 0.1) is 7.11 Å². The van der Waals surface area contributed by atoms with Gasteiger partial charge in [0.15, 0.2) is 0 Å². The molecule has 5 nitrogen and oxygen atoms in total. The second-order valence-electron chi connectivity index (χ2n) is 10.4. The van der Waals surface area contributed by atoms with E-state index in [4.69, 9.17) is 9.47 Å². The summed E-state index contributed by atoms with van der Waals surface area (Å²) in [6, 6.07) is 14.9. The minimum atomic E-state index is 0.282. The quantitative estimate of drug-likeness (QED) is 0.533. The van der Waals surface area contributed by atoms with Gasteiger partial charge in [-0.2, -0.15) is 0 Å². The molecule has 1 aliphatic heterocycles. The molecule has 2 unspecified atom stereocenters. The number of phenols is 1. The summed E-state index contributed by atoms with van der Waals surface area (Å²) >= 11 is 0. The zero-order valence-corrected chi connectivity index (χ0v) is 21.7. The molecule has 2 aromatic rings. The van der Waals surface area contributed by atoms with Crippen molar-refractivity contribution in [3.05, 3.63) is 83.1 Å². The number of allylic oxidation sites excluding steroid dienone is 1. The van der Waals surface area contributed by atoms with Crippen LogP contribution < -0.4 is 10.1 Å². The number of likely N-dealkylation sites (N-methyl/N-ethyl adjacent to an activating group) is 1. The zero-order valence-electron chi connectivity index (χ0n) is 21.7. The molecule has 1 heterocycles. The first-order valence-corrected chi connectivity index (χ1v) is 13.6. The van der Waals surface area contributed by atoms with Crippen molar-refractivity contribution in [1.29, 1.82) is 0 Å². The van der Waals surface area contributed by atoms with Crippen LogP contribution in [-0.2, 0) is 24.1 Å². The van der Waals surface area contributed by atoms with E-state index in [9.17, 15) is 5.11 Å². The Labute approximate surface area is 215 Å². The summed E-state index contributed by atoms with van der Waals surface area (Å²) in [7, 11) is 1.76. The molecule has 0 spiro atoms. The molecule has 36 heavy (non-hydrogen) atoms. The van der Waals surface area contributed by atoms with Crippen molar-refractivity contribution in [3.63, 3.8) is 0 Å². The van der Waals surface area contributed by atoms with Gasteiger partial charge in [0.25, 0.3) is 0 Å². The normalized spacial score (nSPS) is 24.3. The minimum absolute atomic E-state index is 0.282. The molecule has 0 amide bonds. The van der Waals surface area contributed by atoms with Gasteiger partial charge in [-0.15, -0.1) is 0 Å². The molecule has 5 rings (SSSR count). The Morgan fingerprint density at radius 2 is 1.83 bits per heavy atom. The van der Waals surface area contributed by atoms with Gasteiger partial charge in [-0.3, -0.25) is 4.90 Å². The lowest BCUT2D eigenvalue weighted by atomic mass is 9.72. The van der Waals surface area contributed by atoms with Crippen molar-refractivity contribution in [1.82, 2.24) is 10.2 Å². The lowest BCUT2D eigenvalue weighted by Crippen LogP contribution is -2.43. The predicted molar refractivity (Wildman–Crippen MR) is 144 cm³/mol. The molecular weight excluding hydrogens is 448 g/mol. The highest BCUT2D eigenvalue weighted by Gasteiger charge is 2.34. The van der Waals surface area contributed by atoms with E-state index in [1.165, 1.54) is 16.7 Å². The number of aryl methyl sites for hydroxylation is 1. The van der Waals surface area contributed by atoms with E-state index in [1.807, 2.05) is 12.1 Å². The first-order chi connectivity index (χ1) is 17.6. The predicted octanol–water partition coefficient (Wildman–Crippen LogP) is 5.23. The molecule has 0 aromatic heterocycles. The third kappa shape index (κ3) is 5.79. The van der Waals surface area contributed by atoms with E-state index in [1.54, 1.807) is 7.11 Å². The van der Waals surface area contributed by atoms with Crippen LogP contribution in [0.2, 0.25) is 0 Å².